The molecular weight excluding hydrogens is 156 g/mol. The molecule has 0 aliphatic heterocycles. The summed E-state index contributed by atoms with van der Waals surface area (Å²) >= 11 is 0. The molecule has 0 aromatic heterocycles. The van der Waals surface area contributed by atoms with Gasteiger partial charge in [-0.05, 0) is 13.8 Å². The maximum atomic E-state index is 10.0. The van der Waals surface area contributed by atoms with Crippen molar-refractivity contribution < 1.29 is 26.7 Å². The van der Waals surface area contributed by atoms with Crippen LogP contribution in [0.5, 0.6) is 0 Å². The van der Waals surface area contributed by atoms with Gasteiger partial charge in [0.2, 0.25) is 0 Å². The average molecular weight is 164 g/mol. The number of ketones is 2. The molecule has 0 fully saturated rings. The number of Topliss-reactive ketones (excluding diaryl/α,β-unsaturated/α-hetero) is 2. The van der Waals surface area contributed by atoms with Crippen LogP contribution in [0.4, 0.5) is 0 Å². The van der Waals surface area contributed by atoms with E-state index in [0.29, 0.717) is 0 Å². The van der Waals surface area contributed by atoms with E-state index in [-0.39, 0.29) is 35.1 Å². The van der Waals surface area contributed by atoms with Gasteiger partial charge in [0.25, 0.3) is 0 Å². The van der Waals surface area contributed by atoms with E-state index in [1.165, 1.54) is 13.8 Å². The van der Waals surface area contributed by atoms with Crippen LogP contribution in [0.3, 0.4) is 0 Å². The minimum atomic E-state index is -0.0625. The molecule has 0 N–H and O–H groups in total. The van der Waals surface area contributed by atoms with Crippen LogP contribution >= 0.6 is 0 Å². The topological polar surface area (TPSA) is 34.1 Å². The fourth-order valence-electron chi connectivity index (χ4n) is 0.351. The molecule has 0 aliphatic rings. The second-order valence-electron chi connectivity index (χ2n) is 1.58. The van der Waals surface area contributed by atoms with Crippen LogP contribution in [0.25, 0.3) is 0 Å². The fraction of sp³-hybridized carbons (Fsp3) is 0.600. The molecule has 0 saturated heterocycles. The summed E-state index contributed by atoms with van der Waals surface area (Å²) in [5.74, 6) is -0.125. The van der Waals surface area contributed by atoms with Gasteiger partial charge in [-0.15, -0.1) is 0 Å². The summed E-state index contributed by atoms with van der Waals surface area (Å²) in [6.45, 7) is 2.81. The molecule has 0 heterocycles. The van der Waals surface area contributed by atoms with Crippen molar-refractivity contribution in [1.82, 2.24) is 0 Å². The van der Waals surface area contributed by atoms with Gasteiger partial charge in [-0.2, -0.15) is 0 Å². The van der Waals surface area contributed by atoms with E-state index in [2.05, 4.69) is 0 Å². The Kier molecular flexibility index (Phi) is 6.74. The second-order valence-corrected chi connectivity index (χ2v) is 1.58. The summed E-state index contributed by atoms with van der Waals surface area (Å²) in [5, 5.41) is 0. The molecule has 0 atom stereocenters. The fourth-order valence-corrected chi connectivity index (χ4v) is 0.351. The van der Waals surface area contributed by atoms with Crippen molar-refractivity contribution in [3.8, 4) is 0 Å². The van der Waals surface area contributed by atoms with Gasteiger partial charge in [0.1, 0.15) is 11.6 Å². The Morgan fingerprint density at radius 1 is 1.12 bits per heavy atom. The van der Waals surface area contributed by atoms with Crippen LogP contribution in [0.15, 0.2) is 0 Å². The van der Waals surface area contributed by atoms with Gasteiger partial charge in [-0.25, -0.2) is 0 Å². The van der Waals surface area contributed by atoms with Gasteiger partial charge in [0.15, 0.2) is 0 Å². The summed E-state index contributed by atoms with van der Waals surface area (Å²) in [6.07, 6.45) is 0.0833. The quantitative estimate of drug-likeness (QED) is 0.440. The van der Waals surface area contributed by atoms with Gasteiger partial charge < -0.3 is 0 Å². The molecule has 0 spiro atoms. The smallest absolute Gasteiger partial charge is 0.300 e. The van der Waals surface area contributed by atoms with Gasteiger partial charge in [-0.3, -0.25) is 9.59 Å². The summed E-state index contributed by atoms with van der Waals surface area (Å²) < 4.78 is 0. The Morgan fingerprint density at radius 3 is 1.38 bits per heavy atom. The number of rotatable bonds is 2. The van der Waals surface area contributed by atoms with Crippen molar-refractivity contribution in [1.29, 1.82) is 0 Å². The predicted octanol–water partition coefficient (Wildman–Crippen LogP) is 0.552. The second kappa shape index (κ2) is 5.01. The van der Waals surface area contributed by atoms with E-state index in [1.807, 2.05) is 0 Å². The number of carbonyl (C=O) groups is 2. The largest absolute Gasteiger partial charge is 2.00 e. The minimum Gasteiger partial charge on any atom is -0.300 e. The molecule has 1 radical (unpaired) electrons. The monoisotopic (exact) mass is 163 g/mol. The van der Waals surface area contributed by atoms with Crippen LogP contribution in [-0.4, -0.2) is 11.6 Å². The first-order valence-electron chi connectivity index (χ1n) is 2.12. The zero-order valence-electron chi connectivity index (χ0n) is 4.83. The molecule has 0 saturated carbocycles. The zero-order chi connectivity index (χ0) is 5.86. The molecule has 0 unspecified atom stereocenters. The first kappa shape index (κ1) is 10.8. The Morgan fingerprint density at radius 2 is 1.38 bits per heavy atom. The first-order valence-corrected chi connectivity index (χ1v) is 2.12. The molecule has 0 amide bonds. The SMILES string of the molecule is CC(=O)CC(C)=O.[Cu+2]. The minimum absolute atomic E-state index is 0. The molecule has 0 aliphatic carbocycles. The Labute approximate surface area is 59.1 Å². The third kappa shape index (κ3) is 9.29. The maximum Gasteiger partial charge on any atom is 2.00 e. The average Bonchev–Trinajstić information content (AvgIpc) is 1.27. The maximum absolute atomic E-state index is 10.0. The molecule has 0 aromatic rings. The Bertz CT molecular complexity index is 86.6. The molecule has 3 heteroatoms. The van der Waals surface area contributed by atoms with Gasteiger partial charge in [0, 0.05) is 0 Å². The molecule has 2 nitrogen and oxygen atoms in total. The molecule has 49 valence electrons. The Hall–Kier alpha value is -0.141. The molecule has 0 bridgehead atoms. The van der Waals surface area contributed by atoms with E-state index in [1.54, 1.807) is 0 Å². The van der Waals surface area contributed by atoms with Crippen molar-refractivity contribution in [2.75, 3.05) is 0 Å². The van der Waals surface area contributed by atoms with E-state index < -0.39 is 0 Å². The molecular formula is C5H8CuO2+2. The van der Waals surface area contributed by atoms with E-state index in [9.17, 15) is 9.59 Å². The summed E-state index contributed by atoms with van der Waals surface area (Å²) in [6, 6.07) is 0. The van der Waals surface area contributed by atoms with Crippen LogP contribution < -0.4 is 0 Å². The van der Waals surface area contributed by atoms with Gasteiger partial charge in [0.05, 0.1) is 6.42 Å². The predicted molar refractivity (Wildman–Crippen MR) is 26.0 cm³/mol. The van der Waals surface area contributed by atoms with Crippen LogP contribution in [0.2, 0.25) is 0 Å². The van der Waals surface area contributed by atoms with Crippen molar-refractivity contribution in [2.24, 2.45) is 0 Å². The van der Waals surface area contributed by atoms with Crippen molar-refractivity contribution >= 4 is 11.6 Å². The van der Waals surface area contributed by atoms with E-state index in [4.69, 9.17) is 0 Å². The normalized spacial score (nSPS) is 7.25. The summed E-state index contributed by atoms with van der Waals surface area (Å²) in [5.41, 5.74) is 0. The third-order valence-corrected chi connectivity index (χ3v) is 0.498. The molecule has 8 heavy (non-hydrogen) atoms. The Balaban J connectivity index is 0. The van der Waals surface area contributed by atoms with Crippen LogP contribution in [0, 0.1) is 0 Å². The van der Waals surface area contributed by atoms with Crippen molar-refractivity contribution in [3.05, 3.63) is 0 Å². The van der Waals surface area contributed by atoms with E-state index >= 15 is 0 Å². The van der Waals surface area contributed by atoms with Crippen LogP contribution in [-0.2, 0) is 26.7 Å². The van der Waals surface area contributed by atoms with Crippen molar-refractivity contribution in [3.63, 3.8) is 0 Å². The molecule has 0 aromatic carbocycles. The number of hydrogen-bond acceptors (Lipinski definition) is 2. The van der Waals surface area contributed by atoms with Crippen molar-refractivity contribution in [2.45, 2.75) is 20.3 Å². The standard InChI is InChI=1S/C5H8O2.Cu/c1-4(6)3-5(2)7;/h3H2,1-2H3;/q;+2. The number of hydrogen-bond donors (Lipinski definition) is 0. The van der Waals surface area contributed by atoms with Crippen LogP contribution in [0.1, 0.15) is 20.3 Å². The number of carbonyl (C=O) groups excluding carboxylic acids is 2. The molecule has 0 rings (SSSR count). The van der Waals surface area contributed by atoms with Gasteiger partial charge in [-0.1, -0.05) is 0 Å². The first-order chi connectivity index (χ1) is 3.13. The third-order valence-electron chi connectivity index (χ3n) is 0.498. The van der Waals surface area contributed by atoms with E-state index in [0.717, 1.165) is 0 Å². The summed E-state index contributed by atoms with van der Waals surface area (Å²) in [7, 11) is 0. The summed E-state index contributed by atoms with van der Waals surface area (Å²) in [4.78, 5) is 20.1. The van der Waals surface area contributed by atoms with Gasteiger partial charge >= 0.3 is 17.1 Å². The zero-order valence-corrected chi connectivity index (χ0v) is 5.77.